The maximum Gasteiger partial charge on any atom is 0.244 e. The van der Waals surface area contributed by atoms with E-state index in [9.17, 15) is 8.42 Å². The van der Waals surface area contributed by atoms with Gasteiger partial charge < -0.3 is 0 Å². The molecule has 0 saturated heterocycles. The van der Waals surface area contributed by atoms with Gasteiger partial charge in [-0.05, 0) is 58.9 Å². The second-order valence-electron chi connectivity index (χ2n) is 4.65. The van der Waals surface area contributed by atoms with Crippen molar-refractivity contribution in [3.63, 3.8) is 0 Å². The third-order valence-electron chi connectivity index (χ3n) is 3.24. The van der Waals surface area contributed by atoms with E-state index in [0.29, 0.717) is 9.37 Å². The van der Waals surface area contributed by atoms with Gasteiger partial charge >= 0.3 is 0 Å². The predicted octanol–water partition coefficient (Wildman–Crippen LogP) is 4.20. The molecule has 1 aromatic carbocycles. The number of hydrogen-bond donors (Lipinski definition) is 0. The van der Waals surface area contributed by atoms with Crippen LogP contribution in [0.5, 0.6) is 0 Å². The minimum Gasteiger partial charge on any atom is -0.207 e. The van der Waals surface area contributed by atoms with Gasteiger partial charge in [0.15, 0.2) is 0 Å². The van der Waals surface area contributed by atoms with Crippen LogP contribution in [0.3, 0.4) is 0 Å². The van der Waals surface area contributed by atoms with E-state index in [4.69, 9.17) is 0 Å². The number of nitrogens with zero attached hydrogens (tertiary/aromatic N) is 1. The van der Waals surface area contributed by atoms with E-state index in [0.717, 1.165) is 10.4 Å². The number of benzene rings is 1. The average molecular weight is 374 g/mol. The van der Waals surface area contributed by atoms with Crippen LogP contribution in [-0.4, -0.2) is 19.8 Å². The molecule has 6 heteroatoms. The smallest absolute Gasteiger partial charge is 0.207 e. The molecular weight excluding hydrogens is 358 g/mol. The van der Waals surface area contributed by atoms with Crippen molar-refractivity contribution >= 4 is 37.3 Å². The number of hydrogen-bond acceptors (Lipinski definition) is 3. The van der Waals surface area contributed by atoms with Crippen molar-refractivity contribution in [3.05, 3.63) is 50.6 Å². The molecular formula is C14H16BrNO2S2. The minimum absolute atomic E-state index is 0.187. The van der Waals surface area contributed by atoms with Crippen molar-refractivity contribution in [2.24, 2.45) is 0 Å². The quantitative estimate of drug-likeness (QED) is 0.804. The monoisotopic (exact) mass is 373 g/mol. The zero-order valence-electron chi connectivity index (χ0n) is 11.5. The summed E-state index contributed by atoms with van der Waals surface area (Å²) in [4.78, 5) is 1.33. The highest BCUT2D eigenvalue weighted by Gasteiger charge is 2.28. The Kier molecular flexibility index (Phi) is 4.69. The highest BCUT2D eigenvalue weighted by molar-refractivity contribution is 9.10. The number of thiophene rings is 1. The van der Waals surface area contributed by atoms with Gasteiger partial charge in [0, 0.05) is 16.4 Å². The zero-order valence-corrected chi connectivity index (χ0v) is 14.7. The van der Waals surface area contributed by atoms with Crippen LogP contribution in [0.2, 0.25) is 0 Å². The van der Waals surface area contributed by atoms with Gasteiger partial charge in [-0.3, -0.25) is 0 Å². The van der Waals surface area contributed by atoms with Gasteiger partial charge in [-0.25, -0.2) is 8.42 Å². The van der Waals surface area contributed by atoms with E-state index in [-0.39, 0.29) is 6.04 Å². The van der Waals surface area contributed by atoms with Crippen LogP contribution in [0.4, 0.5) is 0 Å². The lowest BCUT2D eigenvalue weighted by atomic mass is 10.2. The first-order valence-electron chi connectivity index (χ1n) is 6.11. The third kappa shape index (κ3) is 2.98. The molecule has 0 spiro atoms. The maximum atomic E-state index is 12.7. The molecule has 1 heterocycles. The summed E-state index contributed by atoms with van der Waals surface area (Å²) in [7, 11) is -1.90. The first-order valence-corrected chi connectivity index (χ1v) is 9.23. The molecule has 0 radical (unpaired) electrons. The molecule has 0 aliphatic rings. The van der Waals surface area contributed by atoms with Gasteiger partial charge in [0.05, 0.1) is 10.9 Å². The van der Waals surface area contributed by atoms with E-state index in [2.05, 4.69) is 15.9 Å². The minimum atomic E-state index is -3.52. The normalized spacial score (nSPS) is 13.7. The Balaban J connectivity index is 2.39. The second kappa shape index (κ2) is 5.97. The lowest BCUT2D eigenvalue weighted by Crippen LogP contribution is -2.29. The fraction of sp³-hybridized carbons (Fsp3) is 0.286. The predicted molar refractivity (Wildman–Crippen MR) is 86.6 cm³/mol. The first kappa shape index (κ1) is 15.7. The Morgan fingerprint density at radius 2 is 2.00 bits per heavy atom. The Morgan fingerprint density at radius 3 is 2.55 bits per heavy atom. The molecule has 1 unspecified atom stereocenters. The first-order chi connectivity index (χ1) is 9.34. The lowest BCUT2D eigenvalue weighted by molar-refractivity contribution is 0.402. The fourth-order valence-corrected chi connectivity index (χ4v) is 5.27. The van der Waals surface area contributed by atoms with Crippen LogP contribution in [0.25, 0.3) is 0 Å². The number of rotatable bonds is 4. The summed E-state index contributed by atoms with van der Waals surface area (Å²) in [5, 5.41) is 1.95. The van der Waals surface area contributed by atoms with E-state index in [1.54, 1.807) is 30.5 Å². The molecule has 1 aromatic heterocycles. The van der Waals surface area contributed by atoms with Crippen molar-refractivity contribution in [2.75, 3.05) is 7.05 Å². The van der Waals surface area contributed by atoms with Gasteiger partial charge in [-0.1, -0.05) is 12.1 Å². The highest BCUT2D eigenvalue weighted by Crippen LogP contribution is 2.31. The van der Waals surface area contributed by atoms with Crippen molar-refractivity contribution in [3.8, 4) is 0 Å². The van der Waals surface area contributed by atoms with Crippen LogP contribution in [0, 0.1) is 6.92 Å². The lowest BCUT2D eigenvalue weighted by Gasteiger charge is -2.24. The van der Waals surface area contributed by atoms with Crippen molar-refractivity contribution in [2.45, 2.75) is 24.8 Å². The third-order valence-corrected chi connectivity index (χ3v) is 7.19. The number of aryl methyl sites for hydroxylation is 1. The molecule has 2 rings (SSSR count). The molecule has 0 fully saturated rings. The van der Waals surface area contributed by atoms with Crippen molar-refractivity contribution < 1.29 is 8.42 Å². The number of sulfonamides is 1. The molecule has 0 bridgehead atoms. The molecule has 0 amide bonds. The van der Waals surface area contributed by atoms with Crippen LogP contribution in [-0.2, 0) is 10.0 Å². The van der Waals surface area contributed by atoms with Crippen LogP contribution in [0.1, 0.15) is 23.4 Å². The molecule has 20 heavy (non-hydrogen) atoms. The van der Waals surface area contributed by atoms with Gasteiger partial charge in [-0.15, -0.1) is 11.3 Å². The van der Waals surface area contributed by atoms with Crippen LogP contribution in [0.15, 0.2) is 45.1 Å². The Bertz CT molecular complexity index is 696. The summed E-state index contributed by atoms with van der Waals surface area (Å²) < 4.78 is 27.4. The standard InChI is InChI=1S/C14H16BrNO2S2/c1-10-6-7-14(12(15)9-10)20(17,18)16(3)11(2)13-5-4-8-19-13/h4-9,11H,1-3H3. The highest BCUT2D eigenvalue weighted by atomic mass is 79.9. The molecule has 0 aliphatic carbocycles. The molecule has 0 saturated carbocycles. The van der Waals surface area contributed by atoms with Crippen LogP contribution >= 0.6 is 27.3 Å². The summed E-state index contributed by atoms with van der Waals surface area (Å²) in [5.74, 6) is 0. The Labute approximate surface area is 132 Å². The van der Waals surface area contributed by atoms with E-state index in [1.807, 2.05) is 37.4 Å². The summed E-state index contributed by atoms with van der Waals surface area (Å²) in [6.07, 6.45) is 0. The Morgan fingerprint density at radius 1 is 1.30 bits per heavy atom. The number of halogens is 1. The summed E-state index contributed by atoms with van der Waals surface area (Å²) in [6, 6.07) is 8.96. The molecule has 0 N–H and O–H groups in total. The summed E-state index contributed by atoms with van der Waals surface area (Å²) in [5.41, 5.74) is 1.02. The fourth-order valence-electron chi connectivity index (χ4n) is 1.89. The second-order valence-corrected chi connectivity index (χ2v) is 8.45. The zero-order chi connectivity index (χ0) is 14.9. The van der Waals surface area contributed by atoms with E-state index < -0.39 is 10.0 Å². The van der Waals surface area contributed by atoms with Gasteiger partial charge in [0.25, 0.3) is 0 Å². The van der Waals surface area contributed by atoms with Gasteiger partial charge in [-0.2, -0.15) is 4.31 Å². The SMILES string of the molecule is Cc1ccc(S(=O)(=O)N(C)C(C)c2cccs2)c(Br)c1. The molecule has 1 atom stereocenters. The molecule has 3 nitrogen and oxygen atoms in total. The Hall–Kier alpha value is -0.690. The maximum absolute atomic E-state index is 12.7. The molecule has 2 aromatic rings. The summed E-state index contributed by atoms with van der Waals surface area (Å²) >= 11 is 4.91. The molecule has 108 valence electrons. The van der Waals surface area contributed by atoms with E-state index >= 15 is 0 Å². The topological polar surface area (TPSA) is 37.4 Å². The van der Waals surface area contributed by atoms with Crippen molar-refractivity contribution in [1.29, 1.82) is 0 Å². The average Bonchev–Trinajstić information content (AvgIpc) is 2.90. The largest absolute Gasteiger partial charge is 0.244 e. The molecule has 0 aliphatic heterocycles. The van der Waals surface area contributed by atoms with Gasteiger partial charge in [0.2, 0.25) is 10.0 Å². The summed E-state index contributed by atoms with van der Waals surface area (Å²) in [6.45, 7) is 3.82. The van der Waals surface area contributed by atoms with E-state index in [1.165, 1.54) is 4.31 Å². The van der Waals surface area contributed by atoms with Crippen molar-refractivity contribution in [1.82, 2.24) is 4.31 Å². The van der Waals surface area contributed by atoms with Crippen LogP contribution < -0.4 is 0 Å². The van der Waals surface area contributed by atoms with Gasteiger partial charge in [0.1, 0.15) is 0 Å².